The first-order valence-corrected chi connectivity index (χ1v) is 13.2. The number of hydrogen-bond acceptors (Lipinski definition) is 3. The van der Waals surface area contributed by atoms with Gasteiger partial charge in [-0.2, -0.15) is 0 Å². The minimum atomic E-state index is -2.67. The zero-order valence-electron chi connectivity index (χ0n) is 19.9. The molecule has 0 aromatic carbocycles. The van der Waals surface area contributed by atoms with E-state index in [0.717, 1.165) is 17.2 Å². The molecule has 0 bridgehead atoms. The van der Waals surface area contributed by atoms with Crippen LogP contribution in [-0.4, -0.2) is 54.6 Å². The molecule has 0 fully saturated rings. The van der Waals surface area contributed by atoms with E-state index in [1.165, 1.54) is 89.9 Å². The smallest absolute Gasteiger partial charge is 0.783 e. The number of halogens is 1. The molecule has 6 heteroatoms. The van der Waals surface area contributed by atoms with E-state index in [2.05, 4.69) is 20.9 Å². The van der Waals surface area contributed by atoms with E-state index in [1.54, 1.807) is 21.3 Å². The number of hydrogen-bond donors (Lipinski definition) is 0. The van der Waals surface area contributed by atoms with Gasteiger partial charge in [0.1, 0.15) is 0 Å². The number of rotatable bonds is 20. The Labute approximate surface area is 184 Å². The van der Waals surface area contributed by atoms with E-state index in [1.807, 2.05) is 0 Å². The van der Waals surface area contributed by atoms with Crippen LogP contribution >= 0.6 is 0 Å². The number of unbranched alkanes of at least 4 members (excludes halogenated alkanes) is 12. The molecule has 0 aliphatic carbocycles. The SMILES string of the molecule is CCCCCCCCCCCCCC[N+](C)(CCCC)[Si](OC)(OC)OC.[Cl-]. The van der Waals surface area contributed by atoms with Crippen LogP contribution in [0.4, 0.5) is 0 Å². The molecule has 0 N–H and O–H groups in total. The Balaban J connectivity index is 0. The van der Waals surface area contributed by atoms with Crippen LogP contribution in [0.1, 0.15) is 104 Å². The first-order chi connectivity index (χ1) is 13.1. The summed E-state index contributed by atoms with van der Waals surface area (Å²) in [5, 5.41) is 0. The monoisotopic (exact) mass is 439 g/mol. The summed E-state index contributed by atoms with van der Waals surface area (Å²) < 4.78 is 18.3. The number of nitrogens with zero attached hydrogens (tertiary/aromatic N) is 1. The van der Waals surface area contributed by atoms with Crippen LogP contribution < -0.4 is 12.4 Å². The first kappa shape index (κ1) is 30.5. The zero-order chi connectivity index (χ0) is 20.4. The summed E-state index contributed by atoms with van der Waals surface area (Å²) in [5.74, 6) is 0. The van der Waals surface area contributed by atoms with Crippen LogP contribution in [0.15, 0.2) is 0 Å². The summed E-state index contributed by atoms with van der Waals surface area (Å²) in [6.07, 6.45) is 18.9. The standard InChI is InChI=1S/C22H50NO3Si.ClH/c1-7-9-11-12-13-14-15-16-17-18-19-20-22-23(3,21-10-8-2)27(24-4,25-5)26-6;/h7-22H2,1-6H3;1H/q+1;/p-1. The highest BCUT2D eigenvalue weighted by molar-refractivity contribution is 6.52. The van der Waals surface area contributed by atoms with Crippen molar-refractivity contribution in [3.05, 3.63) is 0 Å². The molecule has 0 rings (SSSR count). The van der Waals surface area contributed by atoms with Gasteiger partial charge in [0.05, 0.1) is 20.1 Å². The lowest BCUT2D eigenvalue weighted by Crippen LogP contribution is -3.00. The Hall–Kier alpha value is 0.347. The highest BCUT2D eigenvalue weighted by atomic mass is 35.5. The van der Waals surface area contributed by atoms with Crippen LogP contribution in [0.25, 0.3) is 0 Å². The molecule has 4 nitrogen and oxygen atoms in total. The summed E-state index contributed by atoms with van der Waals surface area (Å²) in [4.78, 5) is 0. The molecule has 0 aliphatic heterocycles. The summed E-state index contributed by atoms with van der Waals surface area (Å²) in [5.41, 5.74) is 0. The molecule has 0 saturated heterocycles. The molecule has 1 atom stereocenters. The Kier molecular flexibility index (Phi) is 21.1. The van der Waals surface area contributed by atoms with Crippen molar-refractivity contribution in [1.29, 1.82) is 0 Å². The third-order valence-corrected chi connectivity index (χ3v) is 9.26. The van der Waals surface area contributed by atoms with Gasteiger partial charge in [-0.3, -0.25) is 0 Å². The van der Waals surface area contributed by atoms with Crippen LogP contribution in [0.5, 0.6) is 0 Å². The van der Waals surface area contributed by atoms with Gasteiger partial charge in [0, 0.05) is 21.3 Å². The minimum absolute atomic E-state index is 0. The summed E-state index contributed by atoms with van der Waals surface area (Å²) in [6.45, 7) is 6.67. The Morgan fingerprint density at radius 1 is 0.536 bits per heavy atom. The van der Waals surface area contributed by atoms with E-state index >= 15 is 0 Å². The lowest BCUT2D eigenvalue weighted by Gasteiger charge is -2.43. The number of quaternary nitrogens is 1. The summed E-state index contributed by atoms with van der Waals surface area (Å²) in [6, 6.07) is 0. The molecular weight excluding hydrogens is 390 g/mol. The Morgan fingerprint density at radius 3 is 1.21 bits per heavy atom. The predicted molar refractivity (Wildman–Crippen MR) is 119 cm³/mol. The van der Waals surface area contributed by atoms with E-state index in [-0.39, 0.29) is 12.4 Å². The van der Waals surface area contributed by atoms with E-state index in [9.17, 15) is 0 Å². The molecule has 0 aliphatic rings. The van der Waals surface area contributed by atoms with Crippen LogP contribution in [0.3, 0.4) is 0 Å². The summed E-state index contributed by atoms with van der Waals surface area (Å²) >= 11 is 0. The van der Waals surface area contributed by atoms with E-state index in [0.29, 0.717) is 0 Å². The Bertz CT molecular complexity index is 325. The predicted octanol–water partition coefficient (Wildman–Crippen LogP) is 3.31. The molecule has 0 aromatic rings. The van der Waals surface area contributed by atoms with Crippen molar-refractivity contribution >= 4 is 8.97 Å². The van der Waals surface area contributed by atoms with Crippen molar-refractivity contribution in [3.63, 3.8) is 0 Å². The lowest BCUT2D eigenvalue weighted by atomic mass is 10.1. The topological polar surface area (TPSA) is 27.7 Å². The second-order valence-electron chi connectivity index (χ2n) is 8.22. The van der Waals surface area contributed by atoms with Crippen molar-refractivity contribution in [1.82, 2.24) is 0 Å². The van der Waals surface area contributed by atoms with Crippen LogP contribution in [0, 0.1) is 0 Å². The van der Waals surface area contributed by atoms with Gasteiger partial charge in [0.2, 0.25) is 0 Å². The molecule has 28 heavy (non-hydrogen) atoms. The van der Waals surface area contributed by atoms with Gasteiger partial charge >= 0.3 is 8.97 Å². The fraction of sp³-hybridized carbons (Fsp3) is 1.00. The largest absolute Gasteiger partial charge is 1.00 e. The van der Waals surface area contributed by atoms with Gasteiger partial charge in [0.15, 0.2) is 0 Å². The second kappa shape index (κ2) is 19.3. The maximum absolute atomic E-state index is 5.82. The van der Waals surface area contributed by atoms with Crippen molar-refractivity contribution in [3.8, 4) is 0 Å². The molecule has 1 unspecified atom stereocenters. The maximum Gasteiger partial charge on any atom is 0.783 e. The van der Waals surface area contributed by atoms with Crippen molar-refractivity contribution in [2.45, 2.75) is 104 Å². The van der Waals surface area contributed by atoms with E-state index in [4.69, 9.17) is 13.3 Å². The van der Waals surface area contributed by atoms with Gasteiger partial charge < -0.3 is 29.8 Å². The molecule has 0 amide bonds. The van der Waals surface area contributed by atoms with Crippen LogP contribution in [0.2, 0.25) is 0 Å². The summed E-state index contributed by atoms with van der Waals surface area (Å²) in [7, 11) is 4.81. The fourth-order valence-corrected chi connectivity index (χ4v) is 6.79. The third-order valence-electron chi connectivity index (χ3n) is 5.95. The maximum atomic E-state index is 5.82. The van der Waals surface area contributed by atoms with Crippen molar-refractivity contribution < 1.29 is 29.8 Å². The normalized spacial score (nSPS) is 13.9. The molecule has 0 heterocycles. The van der Waals surface area contributed by atoms with Gasteiger partial charge in [-0.05, 0) is 19.3 Å². The van der Waals surface area contributed by atoms with Gasteiger partial charge in [0.25, 0.3) is 0 Å². The molecule has 172 valence electrons. The lowest BCUT2D eigenvalue weighted by molar-refractivity contribution is -0.840. The van der Waals surface area contributed by atoms with Crippen LogP contribution in [-0.2, 0) is 13.3 Å². The highest BCUT2D eigenvalue weighted by Crippen LogP contribution is 2.24. The molecule has 0 radical (unpaired) electrons. The van der Waals surface area contributed by atoms with Crippen molar-refractivity contribution in [2.75, 3.05) is 41.5 Å². The quantitative estimate of drug-likeness (QED) is 0.215. The third kappa shape index (κ3) is 11.5. The van der Waals surface area contributed by atoms with E-state index < -0.39 is 8.97 Å². The second-order valence-corrected chi connectivity index (χ2v) is 11.6. The minimum Gasteiger partial charge on any atom is -1.00 e. The Morgan fingerprint density at radius 2 is 0.857 bits per heavy atom. The molecule has 0 aromatic heterocycles. The molecule has 0 saturated carbocycles. The fourth-order valence-electron chi connectivity index (χ4n) is 4.11. The van der Waals surface area contributed by atoms with Gasteiger partial charge in [-0.15, -0.1) is 0 Å². The average Bonchev–Trinajstić information content (AvgIpc) is 2.69. The molecule has 0 spiro atoms. The average molecular weight is 440 g/mol. The molecular formula is C22H50ClNO3Si. The van der Waals surface area contributed by atoms with Crippen molar-refractivity contribution in [2.24, 2.45) is 0 Å². The zero-order valence-corrected chi connectivity index (χ0v) is 21.6. The van der Waals surface area contributed by atoms with Gasteiger partial charge in [-0.25, -0.2) is 0 Å². The first-order valence-electron chi connectivity index (χ1n) is 11.6. The highest BCUT2D eigenvalue weighted by Gasteiger charge is 2.61. The van der Waals surface area contributed by atoms with Gasteiger partial charge in [-0.1, -0.05) is 84.5 Å².